The highest BCUT2D eigenvalue weighted by molar-refractivity contribution is 6.12. The Morgan fingerprint density at radius 1 is 1.14 bits per heavy atom. The molecule has 2 heterocycles. The maximum absolute atomic E-state index is 13.4. The van der Waals surface area contributed by atoms with Crippen LogP contribution in [0.3, 0.4) is 0 Å². The van der Waals surface area contributed by atoms with Crippen molar-refractivity contribution in [2.45, 2.75) is 59.6 Å². The SMILES string of the molecule is CCn1c(=O)[nH]c(=O)c2c(C(=O)Nc3ccc(OC)c(NC(=O)OC(C)(C)C)c3)cc(C(C)C)nc21. The first-order chi connectivity index (χ1) is 16.8. The van der Waals surface area contributed by atoms with Gasteiger partial charge in [-0.15, -0.1) is 0 Å². The molecule has 2 aromatic heterocycles. The Bertz CT molecular complexity index is 1430. The number of aromatic amines is 1. The number of anilines is 2. The van der Waals surface area contributed by atoms with E-state index in [0.717, 1.165) is 0 Å². The van der Waals surface area contributed by atoms with Crippen molar-refractivity contribution in [3.8, 4) is 5.75 Å². The average Bonchev–Trinajstić information content (AvgIpc) is 2.77. The molecule has 0 aliphatic heterocycles. The fourth-order valence-corrected chi connectivity index (χ4v) is 3.56. The molecule has 3 rings (SSSR count). The van der Waals surface area contributed by atoms with Gasteiger partial charge in [-0.1, -0.05) is 13.8 Å². The second-order valence-corrected chi connectivity index (χ2v) is 9.45. The summed E-state index contributed by atoms with van der Waals surface area (Å²) in [4.78, 5) is 57.5. The summed E-state index contributed by atoms with van der Waals surface area (Å²) >= 11 is 0. The van der Waals surface area contributed by atoms with Crippen LogP contribution in [0.5, 0.6) is 5.75 Å². The Kier molecular flexibility index (Phi) is 7.51. The molecule has 0 saturated heterocycles. The third kappa shape index (κ3) is 5.73. The maximum atomic E-state index is 13.4. The quantitative estimate of drug-likeness (QED) is 0.469. The molecule has 0 atom stereocenters. The highest BCUT2D eigenvalue weighted by Gasteiger charge is 2.21. The molecule has 0 radical (unpaired) electrons. The molecule has 3 N–H and O–H groups in total. The minimum atomic E-state index is -0.702. The van der Waals surface area contributed by atoms with Crippen molar-refractivity contribution in [1.29, 1.82) is 0 Å². The van der Waals surface area contributed by atoms with Gasteiger partial charge >= 0.3 is 11.8 Å². The molecule has 1 aromatic carbocycles. The van der Waals surface area contributed by atoms with E-state index in [2.05, 4.69) is 20.6 Å². The standard InChI is InChI=1S/C25H31N5O6/c1-8-30-20-19(22(32)29-23(30)33)15(12-16(27-20)13(2)3)21(31)26-14-9-10-18(35-7)17(11-14)28-24(34)36-25(4,5)6/h9-13H,8H2,1-7H3,(H,26,31)(H,28,34)(H,29,32,33). The van der Waals surface area contributed by atoms with Crippen LogP contribution >= 0.6 is 0 Å². The number of ether oxygens (including phenoxy) is 2. The number of methoxy groups -OCH3 is 1. The summed E-state index contributed by atoms with van der Waals surface area (Å²) in [5.74, 6) is -0.283. The van der Waals surface area contributed by atoms with Crippen molar-refractivity contribution in [2.75, 3.05) is 17.7 Å². The molecule has 0 unspecified atom stereocenters. The largest absolute Gasteiger partial charge is 0.495 e. The van der Waals surface area contributed by atoms with Crippen LogP contribution < -0.4 is 26.6 Å². The number of fused-ring (bicyclic) bond motifs is 1. The Labute approximate surface area is 207 Å². The number of benzene rings is 1. The zero-order valence-electron chi connectivity index (χ0n) is 21.4. The predicted molar refractivity (Wildman–Crippen MR) is 137 cm³/mol. The molecule has 0 aliphatic carbocycles. The van der Waals surface area contributed by atoms with E-state index in [1.807, 2.05) is 13.8 Å². The number of carbonyl (C=O) groups excluding carboxylic acids is 2. The lowest BCUT2D eigenvalue weighted by molar-refractivity contribution is 0.0635. The molecule has 0 spiro atoms. The zero-order chi connectivity index (χ0) is 26.8. The van der Waals surface area contributed by atoms with Crippen molar-refractivity contribution in [2.24, 2.45) is 0 Å². The summed E-state index contributed by atoms with van der Waals surface area (Å²) in [6.07, 6.45) is -0.685. The molecule has 0 bridgehead atoms. The molecule has 11 nitrogen and oxygen atoms in total. The summed E-state index contributed by atoms with van der Waals surface area (Å²) in [5.41, 5.74) is -0.604. The van der Waals surface area contributed by atoms with Crippen LogP contribution in [0.4, 0.5) is 16.2 Å². The van der Waals surface area contributed by atoms with Gasteiger partial charge in [-0.2, -0.15) is 0 Å². The fourth-order valence-electron chi connectivity index (χ4n) is 3.56. The number of aromatic nitrogens is 3. The lowest BCUT2D eigenvalue weighted by Gasteiger charge is -2.20. The summed E-state index contributed by atoms with van der Waals surface area (Å²) in [5, 5.41) is 5.38. The number of carbonyl (C=O) groups is 2. The van der Waals surface area contributed by atoms with E-state index in [1.54, 1.807) is 45.9 Å². The van der Waals surface area contributed by atoms with E-state index in [1.165, 1.54) is 17.7 Å². The van der Waals surface area contributed by atoms with Gasteiger partial charge in [0.2, 0.25) is 0 Å². The number of pyridine rings is 1. The normalized spacial score (nSPS) is 11.4. The zero-order valence-corrected chi connectivity index (χ0v) is 21.4. The van der Waals surface area contributed by atoms with Gasteiger partial charge in [0.15, 0.2) is 5.65 Å². The molecule has 3 aromatic rings. The first-order valence-corrected chi connectivity index (χ1v) is 11.5. The second kappa shape index (κ2) is 10.2. The Morgan fingerprint density at radius 2 is 1.83 bits per heavy atom. The monoisotopic (exact) mass is 497 g/mol. The van der Waals surface area contributed by atoms with E-state index in [-0.39, 0.29) is 34.7 Å². The Hall–Kier alpha value is -4.15. The van der Waals surface area contributed by atoms with E-state index in [0.29, 0.717) is 17.1 Å². The third-order valence-electron chi connectivity index (χ3n) is 5.21. The Balaban J connectivity index is 2.05. The van der Waals surface area contributed by atoms with Crippen LogP contribution in [-0.2, 0) is 11.3 Å². The number of aryl methyl sites for hydroxylation is 1. The third-order valence-corrected chi connectivity index (χ3v) is 5.21. The summed E-state index contributed by atoms with van der Waals surface area (Å²) in [6, 6.07) is 6.23. The molecular formula is C25H31N5O6. The van der Waals surface area contributed by atoms with Gasteiger partial charge in [0.05, 0.1) is 23.7 Å². The summed E-state index contributed by atoms with van der Waals surface area (Å²) in [6.45, 7) is 11.0. The number of nitrogens with one attached hydrogen (secondary N) is 3. The van der Waals surface area contributed by atoms with Crippen molar-refractivity contribution in [1.82, 2.24) is 14.5 Å². The van der Waals surface area contributed by atoms with Gasteiger partial charge < -0.3 is 14.8 Å². The number of hydrogen-bond donors (Lipinski definition) is 3. The lowest BCUT2D eigenvalue weighted by Crippen LogP contribution is -2.32. The Morgan fingerprint density at radius 3 is 2.42 bits per heavy atom. The molecule has 0 aliphatic rings. The number of amides is 2. The van der Waals surface area contributed by atoms with Gasteiger partial charge in [0, 0.05) is 17.9 Å². The van der Waals surface area contributed by atoms with Gasteiger partial charge in [-0.05, 0) is 57.9 Å². The molecule has 192 valence electrons. The first kappa shape index (κ1) is 26.5. The van der Waals surface area contributed by atoms with Crippen LogP contribution in [0.2, 0.25) is 0 Å². The van der Waals surface area contributed by atoms with Crippen molar-refractivity contribution in [3.63, 3.8) is 0 Å². The van der Waals surface area contributed by atoms with Crippen molar-refractivity contribution in [3.05, 3.63) is 56.4 Å². The van der Waals surface area contributed by atoms with Gasteiger partial charge in [0.1, 0.15) is 11.4 Å². The smallest absolute Gasteiger partial charge is 0.412 e. The molecule has 2 amide bonds. The van der Waals surface area contributed by atoms with Crippen LogP contribution in [0.1, 0.15) is 63.5 Å². The lowest BCUT2D eigenvalue weighted by atomic mass is 10.0. The molecule has 36 heavy (non-hydrogen) atoms. The van der Waals surface area contributed by atoms with E-state index in [9.17, 15) is 19.2 Å². The summed E-state index contributed by atoms with van der Waals surface area (Å²) < 4.78 is 11.9. The fraction of sp³-hybridized carbons (Fsp3) is 0.400. The number of H-pyrrole nitrogens is 1. The molecule has 0 saturated carbocycles. The molecule has 0 fully saturated rings. The van der Waals surface area contributed by atoms with E-state index < -0.39 is 28.9 Å². The minimum absolute atomic E-state index is 0.0129. The van der Waals surface area contributed by atoms with E-state index in [4.69, 9.17) is 9.47 Å². The van der Waals surface area contributed by atoms with Crippen LogP contribution in [0.25, 0.3) is 11.0 Å². The van der Waals surface area contributed by atoms with Crippen LogP contribution in [0.15, 0.2) is 33.9 Å². The topological polar surface area (TPSA) is 144 Å². The minimum Gasteiger partial charge on any atom is -0.495 e. The maximum Gasteiger partial charge on any atom is 0.412 e. The number of rotatable bonds is 6. The van der Waals surface area contributed by atoms with Crippen molar-refractivity contribution >= 4 is 34.4 Å². The highest BCUT2D eigenvalue weighted by Crippen LogP contribution is 2.29. The predicted octanol–water partition coefficient (Wildman–Crippen LogP) is 3.84. The van der Waals surface area contributed by atoms with Gasteiger partial charge in [0.25, 0.3) is 11.5 Å². The first-order valence-electron chi connectivity index (χ1n) is 11.5. The van der Waals surface area contributed by atoms with Crippen LogP contribution in [0, 0.1) is 0 Å². The van der Waals surface area contributed by atoms with Gasteiger partial charge in [-0.25, -0.2) is 14.6 Å². The van der Waals surface area contributed by atoms with E-state index >= 15 is 0 Å². The van der Waals surface area contributed by atoms with Crippen LogP contribution in [-0.4, -0.2) is 39.2 Å². The number of hydrogen-bond acceptors (Lipinski definition) is 7. The average molecular weight is 498 g/mol. The summed E-state index contributed by atoms with van der Waals surface area (Å²) in [7, 11) is 1.45. The molecular weight excluding hydrogens is 466 g/mol. The number of nitrogens with zero attached hydrogens (tertiary/aromatic N) is 2. The highest BCUT2D eigenvalue weighted by atomic mass is 16.6. The van der Waals surface area contributed by atoms with Gasteiger partial charge in [-0.3, -0.25) is 24.5 Å². The van der Waals surface area contributed by atoms with Crippen molar-refractivity contribution < 1.29 is 19.1 Å². The molecule has 11 heteroatoms. The second-order valence-electron chi connectivity index (χ2n) is 9.45.